The summed E-state index contributed by atoms with van der Waals surface area (Å²) in [4.78, 5) is 108. The highest BCUT2D eigenvalue weighted by atomic mass is 35.5. The number of methoxy groups -OCH3 is 2. The van der Waals surface area contributed by atoms with E-state index in [1.54, 1.807) is 92.2 Å². The number of nitrogens with zero attached hydrogens (tertiary/aromatic N) is 5. The minimum Gasteiger partial charge on any atom is -0.540 e. The molecule has 0 spiro atoms. The van der Waals surface area contributed by atoms with E-state index in [2.05, 4.69) is 25.4 Å². The molecule has 85 heavy (non-hydrogen) atoms. The number of β-lactam (4-membered cyclic amide) rings is 1. The number of carbonyl (C=O) groups excluding carboxylic acids is 7. The number of amides is 5. The first-order valence-electron chi connectivity index (χ1n) is 26.8. The standard InChI is InChI=1S/C56H62B2ClN7O17S2/c1-54(2,3)79-52(72)62-51-60-38(30-84-51)41(63-83-56(21-22-56)50(71)82-58)45(67)61-42-47(69)65-43(49(70)81-57)34(31-85(74)48(42)65)27-66(24-9-10-25-66)26-23-64(53(73)80-55(4,5)6)46(68)37-19-20-39(77-28-32-11-15-35(75-7)16-12-32)44(40(37)59)78-29-33-13-17-36(76-8)18-14-33/h11-20,30,42,48H,9-10,21-29,31H2,1-8H3,(H-,60,61,62,67,72)/p+1/b63-41-/t42-,48-,85?/m1/s1. The molecule has 2 saturated heterocycles. The van der Waals surface area contributed by atoms with Crippen LogP contribution in [-0.2, 0) is 66.8 Å². The Morgan fingerprint density at radius 1 is 0.871 bits per heavy atom. The van der Waals surface area contributed by atoms with Gasteiger partial charge in [-0.1, -0.05) is 41.0 Å². The lowest BCUT2D eigenvalue weighted by atomic mass is 10.0. The number of thiazole rings is 1. The van der Waals surface area contributed by atoms with Crippen LogP contribution < -0.4 is 29.6 Å². The maximum Gasteiger partial charge on any atom is 0.417 e. The maximum atomic E-state index is 15.0. The van der Waals surface area contributed by atoms with E-state index in [0.29, 0.717) is 37.4 Å². The summed E-state index contributed by atoms with van der Waals surface area (Å²) >= 11 is 8.04. The fraction of sp³-hybridized carbons (Fsp3) is 0.446. The number of rotatable bonds is 22. The number of carbonyl (C=O) groups is 7. The second kappa shape index (κ2) is 26.3. The van der Waals surface area contributed by atoms with Crippen molar-refractivity contribution in [2.24, 2.45) is 5.16 Å². The van der Waals surface area contributed by atoms with Crippen LogP contribution in [0.3, 0.4) is 0 Å². The highest BCUT2D eigenvalue weighted by Crippen LogP contribution is 2.43. The van der Waals surface area contributed by atoms with Gasteiger partial charge in [0.1, 0.15) is 65.3 Å². The lowest BCUT2D eigenvalue weighted by molar-refractivity contribution is -0.911. The van der Waals surface area contributed by atoms with Gasteiger partial charge in [-0.25, -0.2) is 29.1 Å². The topological polar surface area (TPSA) is 275 Å². The Bertz CT molecular complexity index is 3300. The maximum absolute atomic E-state index is 15.0. The molecule has 24 nitrogen and oxygen atoms in total. The number of oxime groups is 1. The van der Waals surface area contributed by atoms with Crippen molar-refractivity contribution in [2.45, 2.75) is 109 Å². The zero-order valence-corrected chi connectivity index (χ0v) is 50.4. The number of halogens is 1. The van der Waals surface area contributed by atoms with Crippen LogP contribution in [0.2, 0.25) is 5.02 Å². The van der Waals surface area contributed by atoms with Gasteiger partial charge in [0.25, 0.3) is 17.7 Å². The second-order valence-corrected chi connectivity index (χ2v) is 25.1. The van der Waals surface area contributed by atoms with Gasteiger partial charge < -0.3 is 52.4 Å². The van der Waals surface area contributed by atoms with E-state index in [4.69, 9.17) is 65.6 Å². The summed E-state index contributed by atoms with van der Waals surface area (Å²) in [6.07, 6.45) is -0.156. The summed E-state index contributed by atoms with van der Waals surface area (Å²) in [6, 6.07) is 15.8. The smallest absolute Gasteiger partial charge is 0.417 e. The molecule has 8 rings (SSSR count). The number of nitrogens with one attached hydrogen (secondary N) is 2. The first-order valence-corrected chi connectivity index (χ1v) is 29.5. The first-order chi connectivity index (χ1) is 40.3. The molecule has 3 aliphatic heterocycles. The summed E-state index contributed by atoms with van der Waals surface area (Å²) in [5.41, 5.74) is -2.85. The fourth-order valence-electron chi connectivity index (χ4n) is 9.58. The van der Waals surface area contributed by atoms with E-state index in [1.165, 1.54) is 17.5 Å². The molecule has 1 aliphatic carbocycles. The highest BCUT2D eigenvalue weighted by molar-refractivity contribution is 7.86. The summed E-state index contributed by atoms with van der Waals surface area (Å²) in [7, 11) is 11.7. The molecule has 448 valence electrons. The Morgan fingerprint density at radius 2 is 1.48 bits per heavy atom. The van der Waals surface area contributed by atoms with Crippen molar-refractivity contribution in [1.29, 1.82) is 0 Å². The quantitative estimate of drug-likeness (QED) is 0.0292. The van der Waals surface area contributed by atoms with Crippen LogP contribution in [-0.4, -0.2) is 168 Å². The Labute approximate surface area is 504 Å². The largest absolute Gasteiger partial charge is 0.540 e. The highest BCUT2D eigenvalue weighted by Gasteiger charge is 2.59. The Hall–Kier alpha value is -7.68. The number of hydrogen-bond acceptors (Lipinski definition) is 20. The van der Waals surface area contributed by atoms with Gasteiger partial charge in [-0.3, -0.25) is 28.8 Å². The fourth-order valence-corrected chi connectivity index (χ4v) is 12.2. The minimum absolute atomic E-state index is 0.00360. The van der Waals surface area contributed by atoms with Crippen molar-refractivity contribution >= 4 is 103 Å². The van der Waals surface area contributed by atoms with E-state index in [1.807, 2.05) is 12.1 Å². The van der Waals surface area contributed by atoms with Crippen LogP contribution >= 0.6 is 22.9 Å². The second-order valence-electron chi connectivity index (χ2n) is 22.4. The lowest BCUT2D eigenvalue weighted by Crippen LogP contribution is -2.74. The Balaban J connectivity index is 1.05. The van der Waals surface area contributed by atoms with Gasteiger partial charge in [0, 0.05) is 36.6 Å². The predicted octanol–water partition coefficient (Wildman–Crippen LogP) is 6.18. The molecule has 1 unspecified atom stereocenters. The van der Waals surface area contributed by atoms with Crippen LogP contribution in [0.25, 0.3) is 0 Å². The number of benzene rings is 3. The molecule has 4 heterocycles. The number of ether oxygens (including phenoxy) is 6. The third-order valence-electron chi connectivity index (χ3n) is 13.9. The molecule has 3 fully saturated rings. The number of aromatic nitrogens is 1. The van der Waals surface area contributed by atoms with Crippen LogP contribution in [0.15, 0.2) is 82.5 Å². The van der Waals surface area contributed by atoms with Gasteiger partial charge in [0.15, 0.2) is 22.3 Å². The van der Waals surface area contributed by atoms with E-state index in [-0.39, 0.29) is 100 Å². The summed E-state index contributed by atoms with van der Waals surface area (Å²) in [5, 5.41) is 8.82. The summed E-state index contributed by atoms with van der Waals surface area (Å²) in [6.45, 7) is 10.8. The molecular weight excluding hydrogens is 1160 g/mol. The van der Waals surface area contributed by atoms with Gasteiger partial charge in [0.2, 0.25) is 5.60 Å². The van der Waals surface area contributed by atoms with E-state index < -0.39 is 86.6 Å². The van der Waals surface area contributed by atoms with Crippen LogP contribution in [0.4, 0.5) is 14.7 Å². The van der Waals surface area contributed by atoms with Crippen molar-refractivity contribution in [3.05, 3.63) is 105 Å². The Kier molecular flexibility index (Phi) is 19.6. The van der Waals surface area contributed by atoms with Crippen molar-refractivity contribution in [2.75, 3.05) is 58.0 Å². The van der Waals surface area contributed by atoms with Crippen molar-refractivity contribution < 1.29 is 84.8 Å². The average molecular weight is 1230 g/mol. The van der Waals surface area contributed by atoms with Gasteiger partial charge in [-0.15, -0.1) is 11.3 Å². The third kappa shape index (κ3) is 15.1. The van der Waals surface area contributed by atoms with Crippen LogP contribution in [0.1, 0.15) is 94.4 Å². The lowest BCUT2D eigenvalue weighted by Gasteiger charge is -2.50. The van der Waals surface area contributed by atoms with Crippen molar-refractivity contribution in [3.8, 4) is 23.0 Å². The molecule has 4 aliphatic rings. The first kappa shape index (κ1) is 63.3. The van der Waals surface area contributed by atoms with Gasteiger partial charge in [-0.2, -0.15) is 0 Å². The molecule has 3 atom stereocenters. The summed E-state index contributed by atoms with van der Waals surface area (Å²) in [5.74, 6) is -3.60. The number of imide groups is 1. The van der Waals surface area contributed by atoms with E-state index in [0.717, 1.165) is 32.3 Å². The van der Waals surface area contributed by atoms with Crippen LogP contribution in [0, 0.1) is 0 Å². The summed E-state index contributed by atoms with van der Waals surface area (Å²) < 4.78 is 58.0. The van der Waals surface area contributed by atoms with Crippen molar-refractivity contribution in [1.82, 2.24) is 20.1 Å². The van der Waals surface area contributed by atoms with Gasteiger partial charge in [0.05, 0.1) is 67.5 Å². The van der Waals surface area contributed by atoms with E-state index >= 15 is 0 Å². The van der Waals surface area contributed by atoms with Gasteiger partial charge in [-0.05, 0) is 89.1 Å². The zero-order chi connectivity index (χ0) is 61.6. The number of hydrogen-bond donors (Lipinski definition) is 2. The average Bonchev–Trinajstić information content (AvgIpc) is 2.17. The van der Waals surface area contributed by atoms with Crippen molar-refractivity contribution in [3.63, 3.8) is 0 Å². The SMILES string of the molecule is [B]OC(=O)C1=C(C[N+]2(CCN(C(=O)OC(C)(C)C)C(=O)c3ccc(OCc4ccc(OC)cc4)c(OCc4ccc(OC)cc4)c3Cl)CCCC2)CS(=O)[C@@H]2[C@H](NC(=O)/C(=N\OC3(C(=O)O[B])CC3)c3csc(NC(=O)OC(C)(C)C)n3)C(=O)N12. The molecule has 4 aromatic rings. The molecule has 0 bridgehead atoms. The van der Waals surface area contributed by atoms with Crippen LogP contribution in [0.5, 0.6) is 23.0 Å². The Morgan fingerprint density at radius 3 is 2.05 bits per heavy atom. The molecule has 4 radical (unpaired) electrons. The van der Waals surface area contributed by atoms with E-state index in [9.17, 15) is 37.8 Å². The molecule has 3 aromatic carbocycles. The molecule has 1 aromatic heterocycles. The predicted molar refractivity (Wildman–Crippen MR) is 310 cm³/mol. The minimum atomic E-state index is -2.00. The number of anilines is 1. The number of likely N-dealkylation sites (tertiary alicyclic amines) is 1. The number of quaternary nitrogens is 1. The molecule has 5 amide bonds. The molecular formula is C56H63B2ClN7O17S2+. The van der Waals surface area contributed by atoms with Gasteiger partial charge >= 0.3 is 40.2 Å². The molecule has 2 N–H and O–H groups in total. The number of fused-ring (bicyclic) bond motifs is 1. The molecule has 29 heteroatoms. The monoisotopic (exact) mass is 1230 g/mol. The third-order valence-corrected chi connectivity index (χ3v) is 16.7. The zero-order valence-electron chi connectivity index (χ0n) is 48.0. The normalized spacial score (nSPS) is 18.6. The molecule has 1 saturated carbocycles.